The van der Waals surface area contributed by atoms with Crippen molar-refractivity contribution in [3.63, 3.8) is 0 Å². The highest BCUT2D eigenvalue weighted by molar-refractivity contribution is 7.92. The summed E-state index contributed by atoms with van der Waals surface area (Å²) in [5.41, 5.74) is 0. The first-order valence-electron chi connectivity index (χ1n) is 5.20. The van der Waals surface area contributed by atoms with Crippen LogP contribution in [0.5, 0.6) is 0 Å². The summed E-state index contributed by atoms with van der Waals surface area (Å²) in [5, 5.41) is 11.5. The fourth-order valence-corrected chi connectivity index (χ4v) is 3.51. The summed E-state index contributed by atoms with van der Waals surface area (Å²) in [4.78, 5) is 0. The van der Waals surface area contributed by atoms with Gasteiger partial charge in [0.1, 0.15) is 0 Å². The van der Waals surface area contributed by atoms with Crippen LogP contribution < -0.4 is 5.32 Å². The predicted molar refractivity (Wildman–Crippen MR) is 56.0 cm³/mol. The van der Waals surface area contributed by atoms with Crippen LogP contribution in [0.3, 0.4) is 0 Å². The van der Waals surface area contributed by atoms with E-state index in [0.717, 1.165) is 32.2 Å². The number of aliphatic hydroxyl groups excluding tert-OH is 1. The fraction of sp³-hybridized carbons (Fsp3) is 1.00. The molecule has 1 aliphatic heterocycles. The molecule has 1 saturated heterocycles. The van der Waals surface area contributed by atoms with Gasteiger partial charge in [0, 0.05) is 13.2 Å². The lowest BCUT2D eigenvalue weighted by atomic mass is 10.2. The van der Waals surface area contributed by atoms with Gasteiger partial charge in [0.2, 0.25) is 0 Å². The summed E-state index contributed by atoms with van der Waals surface area (Å²) in [6.07, 6.45) is 3.30. The van der Waals surface area contributed by atoms with Crippen LogP contribution in [0.2, 0.25) is 0 Å². The molecule has 0 aromatic heterocycles. The van der Waals surface area contributed by atoms with Crippen molar-refractivity contribution < 1.29 is 13.5 Å². The highest BCUT2D eigenvalue weighted by Crippen LogP contribution is 2.18. The smallest absolute Gasteiger partial charge is 0.154 e. The monoisotopic (exact) mass is 221 g/mol. The fourth-order valence-electron chi connectivity index (χ4n) is 1.71. The summed E-state index contributed by atoms with van der Waals surface area (Å²) in [7, 11) is -2.79. The first-order chi connectivity index (χ1) is 6.67. The Labute approximate surface area is 85.6 Å². The molecule has 1 unspecified atom stereocenters. The Balaban J connectivity index is 2.13. The van der Waals surface area contributed by atoms with Gasteiger partial charge in [-0.2, -0.15) is 0 Å². The van der Waals surface area contributed by atoms with E-state index in [-0.39, 0.29) is 11.9 Å². The van der Waals surface area contributed by atoms with Gasteiger partial charge in [-0.1, -0.05) is 0 Å². The van der Waals surface area contributed by atoms with Crippen molar-refractivity contribution in [2.24, 2.45) is 0 Å². The molecular weight excluding hydrogens is 202 g/mol. The lowest BCUT2D eigenvalue weighted by Gasteiger charge is -2.10. The number of rotatable bonds is 6. The van der Waals surface area contributed by atoms with Gasteiger partial charge in [0.05, 0.1) is 11.0 Å². The molecule has 84 valence electrons. The molecule has 0 aliphatic carbocycles. The Morgan fingerprint density at radius 1 is 1.36 bits per heavy atom. The molecule has 0 aromatic rings. The van der Waals surface area contributed by atoms with Crippen LogP contribution in [0.1, 0.15) is 25.7 Å². The zero-order chi connectivity index (χ0) is 10.4. The Morgan fingerprint density at radius 3 is 2.71 bits per heavy atom. The SMILES string of the molecule is O=S1(=O)CCCC1CNCCCCO. The number of hydrogen-bond acceptors (Lipinski definition) is 4. The summed E-state index contributed by atoms with van der Waals surface area (Å²) in [6.45, 7) is 1.59. The summed E-state index contributed by atoms with van der Waals surface area (Å²) in [5.74, 6) is 0.357. The maximum absolute atomic E-state index is 11.4. The third kappa shape index (κ3) is 3.55. The van der Waals surface area contributed by atoms with Crippen LogP contribution in [-0.2, 0) is 9.84 Å². The van der Waals surface area contributed by atoms with Gasteiger partial charge in [-0.05, 0) is 32.2 Å². The number of nitrogens with one attached hydrogen (secondary N) is 1. The van der Waals surface area contributed by atoms with Crippen LogP contribution in [0.15, 0.2) is 0 Å². The van der Waals surface area contributed by atoms with E-state index < -0.39 is 9.84 Å². The summed E-state index contributed by atoms with van der Waals surface area (Å²) < 4.78 is 22.8. The molecular formula is C9H19NO3S. The normalized spacial score (nSPS) is 25.4. The molecule has 1 rings (SSSR count). The van der Waals surface area contributed by atoms with Gasteiger partial charge < -0.3 is 10.4 Å². The highest BCUT2D eigenvalue weighted by Gasteiger charge is 2.30. The van der Waals surface area contributed by atoms with E-state index in [1.165, 1.54) is 0 Å². The standard InChI is InChI=1S/C9H19NO3S/c11-6-2-1-5-10-8-9-4-3-7-14(9,12)13/h9-11H,1-8H2. The predicted octanol–water partition coefficient (Wildman–Crippen LogP) is -0.0743. The second-order valence-electron chi connectivity index (χ2n) is 3.77. The van der Waals surface area contributed by atoms with Crippen molar-refractivity contribution in [3.05, 3.63) is 0 Å². The molecule has 4 nitrogen and oxygen atoms in total. The van der Waals surface area contributed by atoms with Gasteiger partial charge in [-0.3, -0.25) is 0 Å². The van der Waals surface area contributed by atoms with Crippen molar-refractivity contribution in [2.45, 2.75) is 30.9 Å². The molecule has 0 aromatic carbocycles. The summed E-state index contributed by atoms with van der Waals surface area (Å²) in [6, 6.07) is 0. The van der Waals surface area contributed by atoms with E-state index in [9.17, 15) is 8.42 Å². The van der Waals surface area contributed by atoms with Gasteiger partial charge in [0.25, 0.3) is 0 Å². The van der Waals surface area contributed by atoms with Crippen molar-refractivity contribution in [1.29, 1.82) is 0 Å². The van der Waals surface area contributed by atoms with Crippen molar-refractivity contribution in [2.75, 3.05) is 25.4 Å². The minimum absolute atomic E-state index is 0.170. The maximum atomic E-state index is 11.4. The molecule has 1 fully saturated rings. The van der Waals surface area contributed by atoms with Crippen LogP contribution >= 0.6 is 0 Å². The minimum Gasteiger partial charge on any atom is -0.396 e. The third-order valence-corrected chi connectivity index (χ3v) is 4.87. The third-order valence-electron chi connectivity index (χ3n) is 2.60. The second kappa shape index (κ2) is 5.68. The van der Waals surface area contributed by atoms with E-state index in [4.69, 9.17) is 5.11 Å². The topological polar surface area (TPSA) is 66.4 Å². The maximum Gasteiger partial charge on any atom is 0.154 e. The van der Waals surface area contributed by atoms with Gasteiger partial charge in [0.15, 0.2) is 9.84 Å². The first kappa shape index (κ1) is 11.9. The van der Waals surface area contributed by atoms with E-state index in [2.05, 4.69) is 5.32 Å². The van der Waals surface area contributed by atoms with Crippen molar-refractivity contribution in [3.8, 4) is 0 Å². The van der Waals surface area contributed by atoms with E-state index >= 15 is 0 Å². The molecule has 1 atom stereocenters. The van der Waals surface area contributed by atoms with E-state index in [0.29, 0.717) is 12.3 Å². The van der Waals surface area contributed by atoms with Crippen molar-refractivity contribution in [1.82, 2.24) is 5.32 Å². The summed E-state index contributed by atoms with van der Waals surface area (Å²) >= 11 is 0. The molecule has 14 heavy (non-hydrogen) atoms. The average Bonchev–Trinajstić information content (AvgIpc) is 2.45. The molecule has 5 heteroatoms. The minimum atomic E-state index is -2.79. The zero-order valence-corrected chi connectivity index (χ0v) is 9.22. The number of unbranched alkanes of at least 4 members (excludes halogenated alkanes) is 1. The Kier molecular flexibility index (Phi) is 4.84. The van der Waals surface area contributed by atoms with Gasteiger partial charge >= 0.3 is 0 Å². The van der Waals surface area contributed by atoms with Crippen LogP contribution in [0, 0.1) is 0 Å². The van der Waals surface area contributed by atoms with E-state index in [1.807, 2.05) is 0 Å². The van der Waals surface area contributed by atoms with Crippen LogP contribution in [0.4, 0.5) is 0 Å². The van der Waals surface area contributed by atoms with Crippen molar-refractivity contribution >= 4 is 9.84 Å². The lowest BCUT2D eigenvalue weighted by Crippen LogP contribution is -2.31. The number of hydrogen-bond donors (Lipinski definition) is 2. The molecule has 1 aliphatic rings. The van der Waals surface area contributed by atoms with Gasteiger partial charge in [-0.15, -0.1) is 0 Å². The Hall–Kier alpha value is -0.130. The van der Waals surface area contributed by atoms with Gasteiger partial charge in [-0.25, -0.2) is 8.42 Å². The molecule has 0 radical (unpaired) electrons. The molecule has 0 amide bonds. The van der Waals surface area contributed by atoms with Crippen LogP contribution in [0.25, 0.3) is 0 Å². The molecule has 2 N–H and O–H groups in total. The largest absolute Gasteiger partial charge is 0.396 e. The lowest BCUT2D eigenvalue weighted by molar-refractivity contribution is 0.283. The average molecular weight is 221 g/mol. The molecule has 0 spiro atoms. The molecule has 1 heterocycles. The Bertz CT molecular complexity index is 251. The zero-order valence-electron chi connectivity index (χ0n) is 8.41. The van der Waals surface area contributed by atoms with E-state index in [1.54, 1.807) is 0 Å². The Morgan fingerprint density at radius 2 is 2.14 bits per heavy atom. The second-order valence-corrected chi connectivity index (χ2v) is 6.17. The molecule has 0 bridgehead atoms. The number of sulfone groups is 1. The molecule has 0 saturated carbocycles. The number of aliphatic hydroxyl groups is 1. The van der Waals surface area contributed by atoms with Crippen LogP contribution in [-0.4, -0.2) is 44.2 Å². The first-order valence-corrected chi connectivity index (χ1v) is 6.91. The quantitative estimate of drug-likeness (QED) is 0.616. The highest BCUT2D eigenvalue weighted by atomic mass is 32.2.